The molecule has 0 radical (unpaired) electrons. The van der Waals surface area contributed by atoms with Gasteiger partial charge in [0.15, 0.2) is 0 Å². The average molecular weight is 352 g/mol. The molecule has 8 heteroatoms. The zero-order valence-corrected chi connectivity index (χ0v) is 13.4. The molecule has 2 fully saturated rings. The first-order valence-electron chi connectivity index (χ1n) is 7.73. The lowest BCUT2D eigenvalue weighted by molar-refractivity contribution is -0.152. The Kier molecular flexibility index (Phi) is 5.76. The molecule has 0 aromatic carbocycles. The summed E-state index contributed by atoms with van der Waals surface area (Å²) in [5.41, 5.74) is 0. The Morgan fingerprint density at radius 2 is 1.36 bits per heavy atom. The molecule has 0 aliphatic carbocycles. The number of carboxylic acid groups (broad SMARTS) is 3. The molecular weight excluding hydrogens is 332 g/mol. The van der Waals surface area contributed by atoms with Crippen molar-refractivity contribution in [3.05, 3.63) is 37.5 Å². The molecule has 0 saturated carbocycles. The highest BCUT2D eigenvalue weighted by atomic mass is 16.5. The number of carboxylic acids is 3. The van der Waals surface area contributed by atoms with Crippen molar-refractivity contribution in [2.75, 3.05) is 0 Å². The molecule has 7 atom stereocenters. The topological polar surface area (TPSA) is 130 Å². The number of carbonyl (C=O) groups is 3. The smallest absolute Gasteiger partial charge is 0.310 e. The summed E-state index contributed by atoms with van der Waals surface area (Å²) in [6.07, 6.45) is 2.74. The summed E-state index contributed by atoms with van der Waals surface area (Å²) in [5.74, 6) is -6.82. The van der Waals surface area contributed by atoms with E-state index in [1.807, 2.05) is 0 Å². The van der Waals surface area contributed by atoms with Gasteiger partial charge < -0.3 is 24.8 Å². The Morgan fingerprint density at radius 1 is 0.800 bits per heavy atom. The van der Waals surface area contributed by atoms with Gasteiger partial charge in [-0.3, -0.25) is 14.4 Å². The highest BCUT2D eigenvalue weighted by molar-refractivity contribution is 5.82. The van der Waals surface area contributed by atoms with E-state index in [4.69, 9.17) is 14.6 Å². The molecule has 2 aliphatic heterocycles. The quantitative estimate of drug-likeness (QED) is 0.577. The fourth-order valence-electron chi connectivity index (χ4n) is 3.27. The van der Waals surface area contributed by atoms with Crippen LogP contribution >= 0.6 is 0 Å². The maximum absolute atomic E-state index is 11.5. The lowest BCUT2D eigenvalue weighted by atomic mass is 9.86. The second-order valence-electron chi connectivity index (χ2n) is 5.97. The first-order valence-corrected chi connectivity index (χ1v) is 7.73. The average Bonchev–Trinajstić information content (AvgIpc) is 3.13. The number of rotatable bonds is 7. The lowest BCUT2D eigenvalue weighted by Crippen LogP contribution is -2.34. The third-order valence-electron chi connectivity index (χ3n) is 4.49. The maximum Gasteiger partial charge on any atom is 0.310 e. The molecule has 2 aliphatic rings. The van der Waals surface area contributed by atoms with E-state index in [0.29, 0.717) is 0 Å². The van der Waals surface area contributed by atoms with Gasteiger partial charge >= 0.3 is 17.9 Å². The molecule has 0 aromatic heterocycles. The molecule has 2 heterocycles. The van der Waals surface area contributed by atoms with Crippen molar-refractivity contribution in [2.24, 2.45) is 17.8 Å². The monoisotopic (exact) mass is 352 g/mol. The van der Waals surface area contributed by atoms with Crippen LogP contribution in [0.5, 0.6) is 0 Å². The van der Waals surface area contributed by atoms with Gasteiger partial charge in [0.1, 0.15) is 11.8 Å². The predicted molar refractivity (Wildman–Crippen MR) is 84.9 cm³/mol. The van der Waals surface area contributed by atoms with Crippen LogP contribution < -0.4 is 0 Å². The number of hydrogen-bond acceptors (Lipinski definition) is 5. The lowest BCUT2D eigenvalue weighted by Gasteiger charge is -2.14. The molecule has 136 valence electrons. The van der Waals surface area contributed by atoms with Gasteiger partial charge in [0, 0.05) is 0 Å². The van der Waals surface area contributed by atoms with Crippen LogP contribution in [0.1, 0.15) is 6.42 Å². The zero-order valence-electron chi connectivity index (χ0n) is 13.4. The summed E-state index contributed by atoms with van der Waals surface area (Å²) in [6, 6.07) is 0. The maximum atomic E-state index is 11.5. The van der Waals surface area contributed by atoms with Gasteiger partial charge in [-0.1, -0.05) is 24.3 Å². The van der Waals surface area contributed by atoms with Crippen LogP contribution in [0.4, 0.5) is 0 Å². The van der Waals surface area contributed by atoms with Gasteiger partial charge in [-0.15, -0.1) is 13.2 Å². The van der Waals surface area contributed by atoms with E-state index < -0.39 is 60.1 Å². The number of ether oxygens (including phenoxy) is 2. The van der Waals surface area contributed by atoms with E-state index in [-0.39, 0.29) is 6.42 Å². The summed E-state index contributed by atoms with van der Waals surface area (Å²) in [4.78, 5) is 34.1. The summed E-state index contributed by atoms with van der Waals surface area (Å²) < 4.78 is 11.0. The minimum absolute atomic E-state index is 0.209. The molecular formula is C17H20O8. The zero-order chi connectivity index (χ0) is 18.7. The van der Waals surface area contributed by atoms with Gasteiger partial charge in [0.2, 0.25) is 0 Å². The van der Waals surface area contributed by atoms with Crippen molar-refractivity contribution in [1.82, 2.24) is 0 Å². The Balaban J connectivity index is 2.15. The van der Waals surface area contributed by atoms with E-state index in [0.717, 1.165) is 0 Å². The minimum atomic E-state index is -1.29. The van der Waals surface area contributed by atoms with Gasteiger partial charge in [-0.2, -0.15) is 0 Å². The fraction of sp³-hybridized carbons (Fsp3) is 0.471. The summed E-state index contributed by atoms with van der Waals surface area (Å²) in [5, 5.41) is 27.8. The number of hydrogen-bond donors (Lipinski definition) is 3. The highest BCUT2D eigenvalue weighted by Crippen LogP contribution is 2.36. The van der Waals surface area contributed by atoms with Crippen molar-refractivity contribution in [1.29, 1.82) is 0 Å². The van der Waals surface area contributed by atoms with E-state index in [2.05, 4.69) is 13.2 Å². The molecule has 7 unspecified atom stereocenters. The SMILES string of the molecule is C=CC1OC(/C=C\C2OC(C=C)C(C(=O)O)C2C(=O)O)CC1C(=O)O. The molecule has 8 nitrogen and oxygen atoms in total. The Labute approximate surface area is 144 Å². The van der Waals surface area contributed by atoms with Crippen LogP contribution in [0.2, 0.25) is 0 Å². The third-order valence-corrected chi connectivity index (χ3v) is 4.49. The molecule has 25 heavy (non-hydrogen) atoms. The van der Waals surface area contributed by atoms with E-state index in [9.17, 15) is 24.6 Å². The van der Waals surface area contributed by atoms with E-state index >= 15 is 0 Å². The van der Waals surface area contributed by atoms with Gasteiger partial charge in [0.25, 0.3) is 0 Å². The molecule has 3 N–H and O–H groups in total. The van der Waals surface area contributed by atoms with Crippen molar-refractivity contribution in [3.8, 4) is 0 Å². The highest BCUT2D eigenvalue weighted by Gasteiger charge is 2.50. The standard InChI is InChI=1S/C17H20O8/c1-3-10-9(15(18)19)7-8(24-10)5-6-12-14(17(22)23)13(16(20)21)11(4-2)25-12/h3-6,8-14H,1-2,7H2,(H,18,19)(H,20,21)(H,22,23)/b6-5-. The molecule has 0 amide bonds. The summed E-state index contributed by atoms with van der Waals surface area (Å²) in [6.45, 7) is 7.03. The van der Waals surface area contributed by atoms with Crippen LogP contribution in [0.3, 0.4) is 0 Å². The van der Waals surface area contributed by atoms with Gasteiger partial charge in [-0.25, -0.2) is 0 Å². The molecule has 2 saturated heterocycles. The summed E-state index contributed by atoms with van der Waals surface area (Å²) in [7, 11) is 0. The van der Waals surface area contributed by atoms with Crippen LogP contribution in [0.15, 0.2) is 37.5 Å². The van der Waals surface area contributed by atoms with E-state index in [1.54, 1.807) is 0 Å². The first kappa shape index (κ1) is 18.9. The Bertz CT molecular complexity index is 610. The largest absolute Gasteiger partial charge is 0.481 e. The van der Waals surface area contributed by atoms with Crippen LogP contribution in [0, 0.1) is 17.8 Å². The fourth-order valence-corrected chi connectivity index (χ4v) is 3.27. The van der Waals surface area contributed by atoms with Crippen molar-refractivity contribution in [3.63, 3.8) is 0 Å². The van der Waals surface area contributed by atoms with Gasteiger partial charge in [-0.05, 0) is 6.42 Å². The third kappa shape index (κ3) is 3.80. The van der Waals surface area contributed by atoms with E-state index in [1.165, 1.54) is 24.3 Å². The summed E-state index contributed by atoms with van der Waals surface area (Å²) >= 11 is 0. The van der Waals surface area contributed by atoms with Crippen molar-refractivity contribution >= 4 is 17.9 Å². The van der Waals surface area contributed by atoms with Crippen molar-refractivity contribution in [2.45, 2.75) is 30.8 Å². The Hall–Kier alpha value is -2.45. The molecule has 2 rings (SSSR count). The minimum Gasteiger partial charge on any atom is -0.481 e. The molecule has 0 aromatic rings. The number of aliphatic carboxylic acids is 3. The normalized spacial score (nSPS) is 37.8. The second kappa shape index (κ2) is 7.62. The van der Waals surface area contributed by atoms with Crippen molar-refractivity contribution < 1.29 is 39.2 Å². The Morgan fingerprint density at radius 3 is 1.80 bits per heavy atom. The van der Waals surface area contributed by atoms with Crippen LogP contribution in [0.25, 0.3) is 0 Å². The molecule has 0 spiro atoms. The predicted octanol–water partition coefficient (Wildman–Crippen LogP) is 0.942. The van der Waals surface area contributed by atoms with Gasteiger partial charge in [0.05, 0.1) is 30.3 Å². The van der Waals surface area contributed by atoms with Crippen LogP contribution in [-0.2, 0) is 23.9 Å². The first-order chi connectivity index (χ1) is 11.8. The second-order valence-corrected chi connectivity index (χ2v) is 5.97. The molecule has 0 bridgehead atoms. The van der Waals surface area contributed by atoms with Crippen LogP contribution in [-0.4, -0.2) is 57.6 Å².